The predicted molar refractivity (Wildman–Crippen MR) is 43.3 cm³/mol. The molecule has 1 aliphatic rings. The van der Waals surface area contributed by atoms with E-state index in [4.69, 9.17) is 9.57 Å². The Kier molecular flexibility index (Phi) is 2.69. The van der Waals surface area contributed by atoms with Crippen LogP contribution in [-0.2, 0) is 14.4 Å². The Morgan fingerprint density at radius 2 is 2.17 bits per heavy atom. The van der Waals surface area contributed by atoms with Gasteiger partial charge < -0.3 is 4.74 Å². The highest BCUT2D eigenvalue weighted by Gasteiger charge is 2.27. The van der Waals surface area contributed by atoms with E-state index >= 15 is 0 Å². The summed E-state index contributed by atoms with van der Waals surface area (Å²) in [5.41, 5.74) is 2.01. The molecule has 1 amide bonds. The van der Waals surface area contributed by atoms with Crippen LogP contribution < -0.4 is 5.48 Å². The van der Waals surface area contributed by atoms with E-state index in [1.807, 2.05) is 20.8 Å². The minimum Gasteiger partial charge on any atom is -0.368 e. The lowest BCUT2D eigenvalue weighted by Crippen LogP contribution is -2.45. The SMILES string of the molecule is CC(C)(C)ONC(=O)C1CCO1. The average Bonchev–Trinajstić information content (AvgIpc) is 1.78. The van der Waals surface area contributed by atoms with Crippen LogP contribution in [0.5, 0.6) is 0 Å². The van der Waals surface area contributed by atoms with Crippen molar-refractivity contribution in [3.8, 4) is 0 Å². The second-order valence-electron chi connectivity index (χ2n) is 3.83. The third kappa shape index (κ3) is 2.79. The standard InChI is InChI=1S/C8H15NO3/c1-8(2,3)12-9-7(10)6-4-5-11-6/h6H,4-5H2,1-3H3,(H,9,10). The van der Waals surface area contributed by atoms with Crippen molar-refractivity contribution < 1.29 is 14.4 Å². The molecule has 0 aromatic heterocycles. The zero-order chi connectivity index (χ0) is 9.19. The molecule has 0 aromatic rings. The van der Waals surface area contributed by atoms with E-state index < -0.39 is 0 Å². The van der Waals surface area contributed by atoms with Gasteiger partial charge in [-0.2, -0.15) is 0 Å². The molecule has 0 bridgehead atoms. The maximum absolute atomic E-state index is 11.1. The third-order valence-corrected chi connectivity index (χ3v) is 1.45. The van der Waals surface area contributed by atoms with E-state index in [0.717, 1.165) is 6.42 Å². The first-order valence-corrected chi connectivity index (χ1v) is 4.08. The number of hydrogen-bond acceptors (Lipinski definition) is 3. The maximum Gasteiger partial charge on any atom is 0.272 e. The molecule has 0 aromatic carbocycles. The maximum atomic E-state index is 11.1. The quantitative estimate of drug-likeness (QED) is 0.623. The molecule has 0 radical (unpaired) electrons. The molecular formula is C8H15NO3. The van der Waals surface area contributed by atoms with Gasteiger partial charge in [-0.3, -0.25) is 9.63 Å². The lowest BCUT2D eigenvalue weighted by atomic mass is 10.2. The van der Waals surface area contributed by atoms with Crippen molar-refractivity contribution in [1.29, 1.82) is 0 Å². The van der Waals surface area contributed by atoms with Gasteiger partial charge in [-0.25, -0.2) is 5.48 Å². The van der Waals surface area contributed by atoms with Crippen molar-refractivity contribution in [1.82, 2.24) is 5.48 Å². The molecule has 1 N–H and O–H groups in total. The van der Waals surface area contributed by atoms with Gasteiger partial charge in [0.15, 0.2) is 0 Å². The van der Waals surface area contributed by atoms with E-state index in [-0.39, 0.29) is 17.6 Å². The van der Waals surface area contributed by atoms with Crippen LogP contribution in [0.3, 0.4) is 0 Å². The van der Waals surface area contributed by atoms with Gasteiger partial charge in [0.25, 0.3) is 5.91 Å². The Labute approximate surface area is 72.2 Å². The minimum absolute atomic E-state index is 0.184. The van der Waals surface area contributed by atoms with Crippen molar-refractivity contribution in [2.24, 2.45) is 0 Å². The number of ether oxygens (including phenoxy) is 1. The van der Waals surface area contributed by atoms with Crippen molar-refractivity contribution in [3.05, 3.63) is 0 Å². The summed E-state index contributed by atoms with van der Waals surface area (Å²) in [7, 11) is 0. The van der Waals surface area contributed by atoms with Crippen LogP contribution in [0.25, 0.3) is 0 Å². The summed E-state index contributed by atoms with van der Waals surface area (Å²) in [6.07, 6.45) is 0.492. The van der Waals surface area contributed by atoms with Gasteiger partial charge in [-0.15, -0.1) is 0 Å². The van der Waals surface area contributed by atoms with Crippen molar-refractivity contribution in [2.45, 2.75) is 38.9 Å². The molecule has 4 nitrogen and oxygen atoms in total. The molecule has 4 heteroatoms. The van der Waals surface area contributed by atoms with E-state index in [2.05, 4.69) is 5.48 Å². The largest absolute Gasteiger partial charge is 0.368 e. The van der Waals surface area contributed by atoms with Gasteiger partial charge in [0.1, 0.15) is 6.10 Å². The summed E-state index contributed by atoms with van der Waals surface area (Å²) in [4.78, 5) is 16.2. The summed E-state index contributed by atoms with van der Waals surface area (Å²) in [5.74, 6) is -0.184. The minimum atomic E-state index is -0.348. The predicted octanol–water partition coefficient (Wildman–Crippen LogP) is 0.622. The van der Waals surface area contributed by atoms with Crippen LogP contribution in [0.1, 0.15) is 27.2 Å². The molecule has 0 saturated carbocycles. The lowest BCUT2D eigenvalue weighted by molar-refractivity contribution is -0.167. The fraction of sp³-hybridized carbons (Fsp3) is 0.875. The van der Waals surface area contributed by atoms with Gasteiger partial charge in [0, 0.05) is 6.42 Å². The smallest absolute Gasteiger partial charge is 0.272 e. The molecular weight excluding hydrogens is 158 g/mol. The first-order valence-electron chi connectivity index (χ1n) is 4.08. The Bertz CT molecular complexity index is 170. The molecule has 1 unspecified atom stereocenters. The van der Waals surface area contributed by atoms with E-state index in [1.165, 1.54) is 0 Å². The fourth-order valence-corrected chi connectivity index (χ4v) is 0.712. The average molecular weight is 173 g/mol. The van der Waals surface area contributed by atoms with Gasteiger partial charge in [-0.05, 0) is 20.8 Å². The monoisotopic (exact) mass is 173 g/mol. The molecule has 1 saturated heterocycles. The van der Waals surface area contributed by atoms with Gasteiger partial charge >= 0.3 is 0 Å². The summed E-state index contributed by atoms with van der Waals surface area (Å²) in [5, 5.41) is 0. The van der Waals surface area contributed by atoms with E-state index in [9.17, 15) is 4.79 Å². The fourth-order valence-electron chi connectivity index (χ4n) is 0.712. The molecule has 0 spiro atoms. The number of rotatable bonds is 2. The molecule has 1 fully saturated rings. The van der Waals surface area contributed by atoms with Gasteiger partial charge in [-0.1, -0.05) is 0 Å². The Morgan fingerprint density at radius 3 is 2.50 bits per heavy atom. The number of carbonyl (C=O) groups excluding carboxylic acids is 1. The molecule has 1 heterocycles. The molecule has 12 heavy (non-hydrogen) atoms. The van der Waals surface area contributed by atoms with E-state index in [0.29, 0.717) is 6.61 Å². The van der Waals surface area contributed by atoms with Crippen molar-refractivity contribution >= 4 is 5.91 Å². The van der Waals surface area contributed by atoms with Gasteiger partial charge in [0.05, 0.1) is 12.2 Å². The number of hydroxylamine groups is 1. The van der Waals surface area contributed by atoms with Crippen LogP contribution in [0.15, 0.2) is 0 Å². The summed E-state index contributed by atoms with van der Waals surface area (Å²) in [6, 6.07) is 0. The highest BCUT2D eigenvalue weighted by molar-refractivity contribution is 5.80. The molecule has 1 atom stereocenters. The molecule has 1 rings (SSSR count). The summed E-state index contributed by atoms with van der Waals surface area (Å²) in [6.45, 7) is 6.28. The highest BCUT2D eigenvalue weighted by atomic mass is 16.7. The first kappa shape index (κ1) is 9.48. The van der Waals surface area contributed by atoms with Crippen LogP contribution in [0.2, 0.25) is 0 Å². The Morgan fingerprint density at radius 1 is 1.58 bits per heavy atom. The van der Waals surface area contributed by atoms with Crippen molar-refractivity contribution in [2.75, 3.05) is 6.61 Å². The van der Waals surface area contributed by atoms with Crippen molar-refractivity contribution in [3.63, 3.8) is 0 Å². The molecule has 70 valence electrons. The number of hydrogen-bond donors (Lipinski definition) is 1. The normalized spacial score (nSPS) is 23.1. The summed E-state index contributed by atoms with van der Waals surface area (Å²) >= 11 is 0. The third-order valence-electron chi connectivity index (χ3n) is 1.45. The number of amides is 1. The zero-order valence-electron chi connectivity index (χ0n) is 7.72. The Balaban J connectivity index is 2.18. The van der Waals surface area contributed by atoms with Crippen LogP contribution in [-0.4, -0.2) is 24.2 Å². The second-order valence-corrected chi connectivity index (χ2v) is 3.83. The van der Waals surface area contributed by atoms with Crippen LogP contribution >= 0.6 is 0 Å². The first-order chi connectivity index (χ1) is 5.49. The topological polar surface area (TPSA) is 47.6 Å². The number of carbonyl (C=O) groups is 1. The highest BCUT2D eigenvalue weighted by Crippen LogP contribution is 2.11. The van der Waals surface area contributed by atoms with Crippen LogP contribution in [0.4, 0.5) is 0 Å². The zero-order valence-corrected chi connectivity index (χ0v) is 7.72. The number of nitrogens with one attached hydrogen (secondary N) is 1. The van der Waals surface area contributed by atoms with Gasteiger partial charge in [0.2, 0.25) is 0 Å². The molecule has 1 aliphatic heterocycles. The molecule has 0 aliphatic carbocycles. The second kappa shape index (κ2) is 3.41. The lowest BCUT2D eigenvalue weighted by Gasteiger charge is -2.27. The Hall–Kier alpha value is -0.610. The summed E-state index contributed by atoms with van der Waals surface area (Å²) < 4.78 is 4.97. The van der Waals surface area contributed by atoms with Crippen LogP contribution in [0, 0.1) is 0 Å². The van der Waals surface area contributed by atoms with E-state index in [1.54, 1.807) is 0 Å².